The van der Waals surface area contributed by atoms with Gasteiger partial charge in [-0.05, 0) is 25.1 Å². The Balaban J connectivity index is 2.04. The first-order valence-corrected chi connectivity index (χ1v) is 6.82. The van der Waals surface area contributed by atoms with E-state index in [9.17, 15) is 4.79 Å². The Bertz CT molecular complexity index is 598. The van der Waals surface area contributed by atoms with Crippen molar-refractivity contribution in [2.75, 3.05) is 12.4 Å². The van der Waals surface area contributed by atoms with Gasteiger partial charge in [0.15, 0.2) is 0 Å². The van der Waals surface area contributed by atoms with Gasteiger partial charge >= 0.3 is 5.97 Å². The number of ether oxygens (including phenoxy) is 1. The number of aromatic nitrogens is 1. The molecule has 0 saturated heterocycles. The van der Waals surface area contributed by atoms with Crippen LogP contribution in [0.4, 0.5) is 5.69 Å². The van der Waals surface area contributed by atoms with E-state index >= 15 is 0 Å². The summed E-state index contributed by atoms with van der Waals surface area (Å²) in [4.78, 5) is 17.2. The Labute approximate surface area is 120 Å². The Hall–Kier alpha value is -1.59. The van der Waals surface area contributed by atoms with Crippen molar-refractivity contribution in [2.24, 2.45) is 0 Å². The number of nitrogens with one attached hydrogen (secondary N) is 1. The number of hydrogen-bond acceptors (Lipinski definition) is 5. The highest BCUT2D eigenvalue weighted by Gasteiger charge is 2.09. The Kier molecular flexibility index (Phi) is 4.39. The number of halogens is 1. The summed E-state index contributed by atoms with van der Waals surface area (Å²) in [5.74, 6) is -0.308. The first-order chi connectivity index (χ1) is 9.10. The number of carbonyl (C=O) groups is 1. The lowest BCUT2D eigenvalue weighted by Crippen LogP contribution is -2.00. The number of nitrogens with zero attached hydrogens (tertiary/aromatic N) is 1. The molecule has 2 heterocycles. The van der Waals surface area contributed by atoms with Crippen molar-refractivity contribution in [2.45, 2.75) is 13.5 Å². The standard InChI is InChI=1S/C13H13ClN2O2S/c1-8-11(5-9(14)6-15-8)16-7-10-3-4-12(19-10)13(17)18-2/h3-6,16H,7H2,1-2H3. The highest BCUT2D eigenvalue weighted by molar-refractivity contribution is 7.13. The van der Waals surface area contributed by atoms with Crippen molar-refractivity contribution in [1.82, 2.24) is 4.98 Å². The SMILES string of the molecule is COC(=O)c1ccc(CNc2cc(Cl)cnc2C)s1. The Morgan fingerprint density at radius 3 is 3.05 bits per heavy atom. The summed E-state index contributed by atoms with van der Waals surface area (Å²) in [5, 5.41) is 3.84. The fourth-order valence-electron chi connectivity index (χ4n) is 1.55. The van der Waals surface area contributed by atoms with E-state index in [0.717, 1.165) is 16.3 Å². The highest BCUT2D eigenvalue weighted by Crippen LogP contribution is 2.21. The molecule has 0 radical (unpaired) electrons. The molecule has 0 spiro atoms. The second kappa shape index (κ2) is 6.04. The number of anilines is 1. The molecule has 0 bridgehead atoms. The molecule has 0 amide bonds. The monoisotopic (exact) mass is 296 g/mol. The molecule has 0 fully saturated rings. The van der Waals surface area contributed by atoms with E-state index in [1.807, 2.05) is 19.1 Å². The predicted octanol–water partition coefficient (Wildman–Crippen LogP) is 3.50. The molecule has 0 atom stereocenters. The second-order valence-electron chi connectivity index (χ2n) is 3.90. The van der Waals surface area contributed by atoms with Gasteiger partial charge in [-0.3, -0.25) is 4.98 Å². The van der Waals surface area contributed by atoms with Gasteiger partial charge in [-0.25, -0.2) is 4.79 Å². The van der Waals surface area contributed by atoms with E-state index in [4.69, 9.17) is 11.6 Å². The molecule has 0 aliphatic carbocycles. The molecule has 2 aromatic heterocycles. The minimum atomic E-state index is -0.308. The molecule has 19 heavy (non-hydrogen) atoms. The third-order valence-electron chi connectivity index (χ3n) is 2.55. The van der Waals surface area contributed by atoms with Crippen LogP contribution in [0.3, 0.4) is 0 Å². The lowest BCUT2D eigenvalue weighted by molar-refractivity contribution is 0.0606. The van der Waals surface area contributed by atoms with Crippen LogP contribution in [0.15, 0.2) is 24.4 Å². The molecule has 1 N–H and O–H groups in total. The van der Waals surface area contributed by atoms with Gasteiger partial charge in [-0.2, -0.15) is 0 Å². The topological polar surface area (TPSA) is 51.2 Å². The van der Waals surface area contributed by atoms with E-state index < -0.39 is 0 Å². The molecule has 0 saturated carbocycles. The summed E-state index contributed by atoms with van der Waals surface area (Å²) in [6.07, 6.45) is 1.61. The summed E-state index contributed by atoms with van der Waals surface area (Å²) >= 11 is 7.31. The first-order valence-electron chi connectivity index (χ1n) is 5.63. The van der Waals surface area contributed by atoms with Crippen molar-refractivity contribution in [3.05, 3.63) is 44.9 Å². The van der Waals surface area contributed by atoms with Gasteiger partial charge < -0.3 is 10.1 Å². The van der Waals surface area contributed by atoms with Gasteiger partial charge in [0.05, 0.1) is 23.5 Å². The van der Waals surface area contributed by atoms with Gasteiger partial charge in [-0.1, -0.05) is 11.6 Å². The van der Waals surface area contributed by atoms with Gasteiger partial charge in [-0.15, -0.1) is 11.3 Å². The van der Waals surface area contributed by atoms with Crippen molar-refractivity contribution in [3.8, 4) is 0 Å². The zero-order chi connectivity index (χ0) is 13.8. The number of methoxy groups -OCH3 is 1. The quantitative estimate of drug-likeness (QED) is 0.877. The van der Waals surface area contributed by atoms with Gasteiger partial charge in [0.25, 0.3) is 0 Å². The summed E-state index contributed by atoms with van der Waals surface area (Å²) in [5.41, 5.74) is 1.77. The molecular weight excluding hydrogens is 284 g/mol. The molecule has 0 aliphatic heterocycles. The lowest BCUT2D eigenvalue weighted by Gasteiger charge is -2.07. The smallest absolute Gasteiger partial charge is 0.348 e. The van der Waals surface area contributed by atoms with Crippen LogP contribution < -0.4 is 5.32 Å². The van der Waals surface area contributed by atoms with E-state index in [0.29, 0.717) is 16.4 Å². The maximum Gasteiger partial charge on any atom is 0.348 e. The summed E-state index contributed by atoms with van der Waals surface area (Å²) in [7, 11) is 1.38. The zero-order valence-corrected chi connectivity index (χ0v) is 12.1. The average molecular weight is 297 g/mol. The summed E-state index contributed by atoms with van der Waals surface area (Å²) < 4.78 is 4.67. The average Bonchev–Trinajstić information content (AvgIpc) is 2.88. The van der Waals surface area contributed by atoms with Crippen molar-refractivity contribution in [3.63, 3.8) is 0 Å². The maximum absolute atomic E-state index is 11.3. The fraction of sp³-hybridized carbons (Fsp3) is 0.231. The van der Waals surface area contributed by atoms with Gasteiger partial charge in [0, 0.05) is 17.6 Å². The molecule has 0 aliphatic rings. The predicted molar refractivity (Wildman–Crippen MR) is 77.0 cm³/mol. The van der Waals surface area contributed by atoms with E-state index in [1.165, 1.54) is 18.4 Å². The van der Waals surface area contributed by atoms with Gasteiger partial charge in [0.1, 0.15) is 4.88 Å². The second-order valence-corrected chi connectivity index (χ2v) is 5.50. The molecular formula is C13H13ClN2O2S. The van der Waals surface area contributed by atoms with E-state index in [-0.39, 0.29) is 5.97 Å². The third-order valence-corrected chi connectivity index (χ3v) is 3.83. The Morgan fingerprint density at radius 2 is 2.32 bits per heavy atom. The van der Waals surface area contributed by atoms with Crippen LogP contribution in [0.5, 0.6) is 0 Å². The third kappa shape index (κ3) is 3.45. The highest BCUT2D eigenvalue weighted by atomic mass is 35.5. The number of hydrogen-bond donors (Lipinski definition) is 1. The molecule has 2 rings (SSSR count). The van der Waals surface area contributed by atoms with E-state index in [1.54, 1.807) is 12.3 Å². The van der Waals surface area contributed by atoms with Crippen molar-refractivity contribution in [1.29, 1.82) is 0 Å². The summed E-state index contributed by atoms with van der Waals surface area (Å²) in [6.45, 7) is 2.53. The Morgan fingerprint density at radius 1 is 1.53 bits per heavy atom. The molecule has 2 aromatic rings. The van der Waals surface area contributed by atoms with Crippen LogP contribution in [0.1, 0.15) is 20.2 Å². The number of thiophene rings is 1. The van der Waals surface area contributed by atoms with Crippen LogP contribution in [0.25, 0.3) is 0 Å². The van der Waals surface area contributed by atoms with E-state index in [2.05, 4.69) is 15.0 Å². The largest absolute Gasteiger partial charge is 0.465 e. The molecule has 100 valence electrons. The number of esters is 1. The van der Waals surface area contributed by atoms with Crippen molar-refractivity contribution < 1.29 is 9.53 Å². The van der Waals surface area contributed by atoms with Crippen LogP contribution >= 0.6 is 22.9 Å². The number of aryl methyl sites for hydroxylation is 1. The molecule has 6 heteroatoms. The fourth-order valence-corrected chi connectivity index (χ4v) is 2.58. The minimum absolute atomic E-state index is 0.308. The normalized spacial score (nSPS) is 10.3. The van der Waals surface area contributed by atoms with Crippen LogP contribution in [-0.2, 0) is 11.3 Å². The zero-order valence-electron chi connectivity index (χ0n) is 10.6. The van der Waals surface area contributed by atoms with Gasteiger partial charge in [0.2, 0.25) is 0 Å². The molecule has 0 aromatic carbocycles. The number of carbonyl (C=O) groups excluding carboxylic acids is 1. The molecule has 0 unspecified atom stereocenters. The van der Waals surface area contributed by atoms with Crippen molar-refractivity contribution >= 4 is 34.6 Å². The minimum Gasteiger partial charge on any atom is -0.465 e. The lowest BCUT2D eigenvalue weighted by atomic mass is 10.3. The number of rotatable bonds is 4. The number of pyridine rings is 1. The maximum atomic E-state index is 11.3. The first kappa shape index (κ1) is 13.8. The van der Waals surface area contributed by atoms with Crippen LogP contribution in [0.2, 0.25) is 5.02 Å². The summed E-state index contributed by atoms with van der Waals surface area (Å²) in [6, 6.07) is 5.49. The van der Waals surface area contributed by atoms with Crippen LogP contribution in [0, 0.1) is 6.92 Å². The van der Waals surface area contributed by atoms with Crippen LogP contribution in [-0.4, -0.2) is 18.1 Å². The molecule has 4 nitrogen and oxygen atoms in total.